The lowest BCUT2D eigenvalue weighted by Crippen LogP contribution is -2.31. The molecule has 33 heavy (non-hydrogen) atoms. The van der Waals surface area contributed by atoms with Crippen LogP contribution < -0.4 is 5.56 Å². The first kappa shape index (κ1) is 23.4. The molecule has 4 aromatic rings. The number of carbonyl (C=O) groups is 2. The number of fused-ring (bicyclic) bond motifs is 2. The fraction of sp³-hybridized carbons (Fsp3) is 0.190. The highest BCUT2D eigenvalue weighted by molar-refractivity contribution is 6.04. The molecule has 0 aliphatic heterocycles. The number of nitrogens with zero attached hydrogens (tertiary/aromatic N) is 4. The first-order chi connectivity index (χ1) is 15.5. The lowest BCUT2D eigenvalue weighted by molar-refractivity contribution is -0.192. The lowest BCUT2D eigenvalue weighted by Gasteiger charge is -2.16. The number of halogens is 3. The van der Waals surface area contributed by atoms with E-state index in [9.17, 15) is 22.8 Å². The van der Waals surface area contributed by atoms with Crippen molar-refractivity contribution in [2.75, 3.05) is 7.05 Å². The number of nitrogens with one attached hydrogen (secondary N) is 1. The average molecular weight is 461 g/mol. The molecule has 0 radical (unpaired) electrons. The van der Waals surface area contributed by atoms with Crippen LogP contribution in [-0.2, 0) is 18.4 Å². The van der Waals surface area contributed by atoms with E-state index in [4.69, 9.17) is 9.90 Å². The number of carboxylic acid groups (broad SMARTS) is 1. The number of aliphatic carboxylic acids is 1. The van der Waals surface area contributed by atoms with E-state index in [2.05, 4.69) is 15.1 Å². The number of hydrogen-bond acceptors (Lipinski definition) is 5. The van der Waals surface area contributed by atoms with Crippen molar-refractivity contribution in [1.29, 1.82) is 0 Å². The summed E-state index contributed by atoms with van der Waals surface area (Å²) in [6, 6.07) is 14.7. The molecular formula is C21H18F3N5O4. The Bertz CT molecular complexity index is 1360. The molecule has 0 aliphatic rings. The van der Waals surface area contributed by atoms with Crippen molar-refractivity contribution in [3.05, 3.63) is 70.4 Å². The number of rotatable bonds is 3. The lowest BCUT2D eigenvalue weighted by atomic mass is 10.1. The quantitative estimate of drug-likeness (QED) is 0.484. The molecule has 0 saturated carbocycles. The van der Waals surface area contributed by atoms with Crippen molar-refractivity contribution in [3.63, 3.8) is 0 Å². The Kier molecular flexibility index (Phi) is 6.47. The molecule has 0 unspecified atom stereocenters. The molecule has 2 heterocycles. The van der Waals surface area contributed by atoms with Gasteiger partial charge in [0, 0.05) is 19.5 Å². The molecule has 0 fully saturated rings. The number of alkyl halides is 3. The Balaban J connectivity index is 0.000000383. The van der Waals surface area contributed by atoms with Gasteiger partial charge in [0.05, 0.1) is 23.0 Å². The van der Waals surface area contributed by atoms with Gasteiger partial charge in [0.15, 0.2) is 5.69 Å². The van der Waals surface area contributed by atoms with E-state index in [0.29, 0.717) is 23.1 Å². The molecule has 1 amide bonds. The van der Waals surface area contributed by atoms with Gasteiger partial charge in [-0.15, -0.1) is 0 Å². The SMILES string of the molecule is CN(Cc1nc2ccccc2[nH]1)C(=O)c1nn(C)c(=O)c2ccccc12.O=C(O)C(F)(F)F. The Labute approximate surface area is 184 Å². The number of para-hydroxylation sites is 2. The van der Waals surface area contributed by atoms with Crippen LogP contribution in [0.4, 0.5) is 13.2 Å². The summed E-state index contributed by atoms with van der Waals surface area (Å²) in [5.74, 6) is -2.33. The zero-order chi connectivity index (χ0) is 24.3. The Morgan fingerprint density at radius 2 is 1.67 bits per heavy atom. The summed E-state index contributed by atoms with van der Waals surface area (Å²) in [5, 5.41) is 12.3. The molecule has 9 nitrogen and oxygen atoms in total. The molecule has 2 aromatic carbocycles. The van der Waals surface area contributed by atoms with Crippen LogP contribution in [-0.4, -0.2) is 54.9 Å². The summed E-state index contributed by atoms with van der Waals surface area (Å²) in [7, 11) is 3.24. The molecule has 0 aliphatic carbocycles. The highest BCUT2D eigenvalue weighted by Crippen LogP contribution is 2.17. The van der Waals surface area contributed by atoms with Crippen LogP contribution in [0, 0.1) is 0 Å². The van der Waals surface area contributed by atoms with Crippen LogP contribution in [0.1, 0.15) is 16.3 Å². The summed E-state index contributed by atoms with van der Waals surface area (Å²) in [6.07, 6.45) is -5.08. The largest absolute Gasteiger partial charge is 0.490 e. The van der Waals surface area contributed by atoms with E-state index in [0.717, 1.165) is 11.0 Å². The molecule has 0 spiro atoms. The van der Waals surface area contributed by atoms with Crippen LogP contribution in [0.5, 0.6) is 0 Å². The second-order valence-electron chi connectivity index (χ2n) is 6.99. The molecular weight excluding hydrogens is 443 g/mol. The maximum atomic E-state index is 12.9. The number of imidazole rings is 1. The Morgan fingerprint density at radius 3 is 2.27 bits per heavy atom. The molecule has 0 bridgehead atoms. The Hall–Kier alpha value is -4.22. The van der Waals surface area contributed by atoms with E-state index in [1.54, 1.807) is 38.4 Å². The zero-order valence-electron chi connectivity index (χ0n) is 17.4. The number of carbonyl (C=O) groups excluding carboxylic acids is 1. The van der Waals surface area contributed by atoms with Gasteiger partial charge in [-0.05, 0) is 18.2 Å². The van der Waals surface area contributed by atoms with Crippen LogP contribution >= 0.6 is 0 Å². The summed E-state index contributed by atoms with van der Waals surface area (Å²) < 4.78 is 32.9. The predicted molar refractivity (Wildman–Crippen MR) is 113 cm³/mol. The number of H-pyrrole nitrogens is 1. The van der Waals surface area contributed by atoms with E-state index in [1.807, 2.05) is 24.3 Å². The predicted octanol–water partition coefficient (Wildman–Crippen LogP) is 2.72. The minimum Gasteiger partial charge on any atom is -0.475 e. The average Bonchev–Trinajstić information content (AvgIpc) is 3.17. The number of aromatic nitrogens is 4. The molecule has 4 rings (SSSR count). The van der Waals surface area contributed by atoms with Gasteiger partial charge in [-0.25, -0.2) is 14.5 Å². The van der Waals surface area contributed by atoms with Gasteiger partial charge in [-0.3, -0.25) is 9.59 Å². The van der Waals surface area contributed by atoms with Crippen molar-refractivity contribution in [1.82, 2.24) is 24.6 Å². The maximum Gasteiger partial charge on any atom is 0.490 e. The van der Waals surface area contributed by atoms with Gasteiger partial charge in [0.2, 0.25) is 0 Å². The first-order valence-electron chi connectivity index (χ1n) is 9.44. The van der Waals surface area contributed by atoms with Crippen molar-refractivity contribution in [2.45, 2.75) is 12.7 Å². The second kappa shape index (κ2) is 9.10. The molecule has 2 aromatic heterocycles. The van der Waals surface area contributed by atoms with Crippen molar-refractivity contribution < 1.29 is 27.9 Å². The fourth-order valence-corrected chi connectivity index (χ4v) is 3.02. The minimum absolute atomic E-state index is 0.225. The third-order valence-electron chi connectivity index (χ3n) is 4.57. The van der Waals surface area contributed by atoms with Gasteiger partial charge >= 0.3 is 12.1 Å². The summed E-state index contributed by atoms with van der Waals surface area (Å²) in [5.41, 5.74) is 1.81. The van der Waals surface area contributed by atoms with Gasteiger partial charge in [0.1, 0.15) is 5.82 Å². The van der Waals surface area contributed by atoms with Gasteiger partial charge in [0.25, 0.3) is 11.5 Å². The first-order valence-corrected chi connectivity index (χ1v) is 9.44. The summed E-state index contributed by atoms with van der Waals surface area (Å²) in [4.78, 5) is 43.3. The molecule has 2 N–H and O–H groups in total. The number of amides is 1. The molecule has 12 heteroatoms. The smallest absolute Gasteiger partial charge is 0.475 e. The third-order valence-corrected chi connectivity index (χ3v) is 4.57. The molecule has 172 valence electrons. The fourth-order valence-electron chi connectivity index (χ4n) is 3.02. The normalized spacial score (nSPS) is 11.2. The van der Waals surface area contributed by atoms with Gasteiger partial charge < -0.3 is 15.0 Å². The molecule has 0 saturated heterocycles. The molecule has 0 atom stereocenters. The standard InChI is InChI=1S/C19H17N5O2.C2HF3O2/c1-23(11-16-20-14-9-5-6-10-15(14)21-16)19(26)17-12-7-3-4-8-13(12)18(25)24(2)22-17;3-2(4,5)1(6)7/h3-10H,11H2,1-2H3,(H,20,21);(H,6,7). The van der Waals surface area contributed by atoms with E-state index >= 15 is 0 Å². The topological polar surface area (TPSA) is 121 Å². The Morgan fingerprint density at radius 1 is 1.09 bits per heavy atom. The monoisotopic (exact) mass is 461 g/mol. The van der Waals surface area contributed by atoms with Crippen molar-refractivity contribution in [2.24, 2.45) is 7.05 Å². The third kappa shape index (κ3) is 5.17. The van der Waals surface area contributed by atoms with E-state index in [-0.39, 0.29) is 17.2 Å². The number of benzene rings is 2. The van der Waals surface area contributed by atoms with Crippen LogP contribution in [0.15, 0.2) is 53.3 Å². The summed E-state index contributed by atoms with van der Waals surface area (Å²) in [6.45, 7) is 0.312. The van der Waals surface area contributed by atoms with Crippen LogP contribution in [0.25, 0.3) is 21.8 Å². The highest BCUT2D eigenvalue weighted by atomic mass is 19.4. The van der Waals surface area contributed by atoms with E-state index in [1.165, 1.54) is 9.58 Å². The summed E-state index contributed by atoms with van der Waals surface area (Å²) >= 11 is 0. The van der Waals surface area contributed by atoms with E-state index < -0.39 is 12.1 Å². The maximum absolute atomic E-state index is 12.9. The van der Waals surface area contributed by atoms with Crippen LogP contribution in [0.3, 0.4) is 0 Å². The number of carboxylic acids is 1. The number of aryl methyl sites for hydroxylation is 1. The van der Waals surface area contributed by atoms with Crippen molar-refractivity contribution in [3.8, 4) is 0 Å². The number of hydrogen-bond donors (Lipinski definition) is 2. The zero-order valence-corrected chi connectivity index (χ0v) is 17.4. The highest BCUT2D eigenvalue weighted by Gasteiger charge is 2.38. The van der Waals surface area contributed by atoms with Gasteiger partial charge in [-0.1, -0.05) is 30.3 Å². The van der Waals surface area contributed by atoms with Gasteiger partial charge in [-0.2, -0.15) is 18.3 Å². The van der Waals surface area contributed by atoms with Crippen LogP contribution in [0.2, 0.25) is 0 Å². The second-order valence-corrected chi connectivity index (χ2v) is 6.99. The minimum atomic E-state index is -5.08. The van der Waals surface area contributed by atoms with Crippen molar-refractivity contribution >= 4 is 33.7 Å². The number of aromatic amines is 1.